The van der Waals surface area contributed by atoms with Crippen LogP contribution in [0.5, 0.6) is 0 Å². The normalized spacial score (nSPS) is 17.9. The molecule has 1 aliphatic carbocycles. The Morgan fingerprint density at radius 1 is 1.20 bits per heavy atom. The second kappa shape index (κ2) is 5.54. The minimum absolute atomic E-state index is 0.165. The van der Waals surface area contributed by atoms with Crippen LogP contribution in [0.3, 0.4) is 0 Å². The molecule has 1 aromatic rings. The van der Waals surface area contributed by atoms with Gasteiger partial charge in [0.05, 0.1) is 12.0 Å². The van der Waals surface area contributed by atoms with Crippen molar-refractivity contribution in [2.24, 2.45) is 0 Å². The van der Waals surface area contributed by atoms with E-state index < -0.39 is 21.5 Å². The number of hydrogen-bond acceptors (Lipinski definition) is 4. The maximum Gasteiger partial charge on any atom is 0.327 e. The van der Waals surface area contributed by atoms with Gasteiger partial charge in [-0.1, -0.05) is 30.5 Å². The van der Waals surface area contributed by atoms with Crippen LogP contribution >= 0.6 is 0 Å². The Hall–Kier alpha value is -1.40. The van der Waals surface area contributed by atoms with Crippen LogP contribution < -0.4 is 4.72 Å². The number of sulfonamides is 1. The fourth-order valence-corrected chi connectivity index (χ4v) is 3.97. The van der Waals surface area contributed by atoms with Gasteiger partial charge < -0.3 is 4.74 Å². The molecule has 0 atom stereocenters. The van der Waals surface area contributed by atoms with Crippen molar-refractivity contribution in [2.75, 3.05) is 7.11 Å². The van der Waals surface area contributed by atoms with Gasteiger partial charge >= 0.3 is 5.97 Å². The summed E-state index contributed by atoms with van der Waals surface area (Å²) in [5.41, 5.74) is -0.133. The Morgan fingerprint density at radius 3 is 2.25 bits per heavy atom. The zero-order valence-electron chi connectivity index (χ0n) is 11.7. The molecule has 0 unspecified atom stereocenters. The van der Waals surface area contributed by atoms with Crippen molar-refractivity contribution in [2.45, 2.75) is 43.0 Å². The number of benzene rings is 1. The summed E-state index contributed by atoms with van der Waals surface area (Å²) >= 11 is 0. The number of rotatable bonds is 4. The van der Waals surface area contributed by atoms with Crippen LogP contribution in [-0.4, -0.2) is 27.0 Å². The second-order valence-electron chi connectivity index (χ2n) is 5.20. The Balaban J connectivity index is 2.30. The van der Waals surface area contributed by atoms with Crippen molar-refractivity contribution in [3.8, 4) is 0 Å². The van der Waals surface area contributed by atoms with Gasteiger partial charge in [0.15, 0.2) is 0 Å². The van der Waals surface area contributed by atoms with Gasteiger partial charge in [-0.15, -0.1) is 0 Å². The number of hydrogen-bond donors (Lipinski definition) is 1. The smallest absolute Gasteiger partial charge is 0.327 e. The van der Waals surface area contributed by atoms with Gasteiger partial charge in [0.1, 0.15) is 5.54 Å². The molecule has 1 aliphatic rings. The lowest BCUT2D eigenvalue weighted by atomic mass is 10.00. The maximum absolute atomic E-state index is 12.4. The summed E-state index contributed by atoms with van der Waals surface area (Å²) < 4.78 is 32.1. The highest BCUT2D eigenvalue weighted by Gasteiger charge is 2.45. The Labute approximate surface area is 119 Å². The van der Waals surface area contributed by atoms with Gasteiger partial charge in [-0.05, 0) is 31.9 Å². The predicted molar refractivity (Wildman–Crippen MR) is 74.7 cm³/mol. The lowest BCUT2D eigenvalue weighted by molar-refractivity contribution is -0.147. The van der Waals surface area contributed by atoms with Crippen LogP contribution in [-0.2, 0) is 19.6 Å². The van der Waals surface area contributed by atoms with Crippen molar-refractivity contribution in [1.29, 1.82) is 0 Å². The lowest BCUT2D eigenvalue weighted by Gasteiger charge is -2.26. The standard InChI is InChI=1S/C14H19NO4S/c1-11-5-7-12(8-6-11)20(17,18)15-14(13(16)19-2)9-3-4-10-14/h5-8,15H,3-4,9-10H2,1-2H3. The topological polar surface area (TPSA) is 72.5 Å². The zero-order valence-corrected chi connectivity index (χ0v) is 12.5. The van der Waals surface area contributed by atoms with E-state index in [9.17, 15) is 13.2 Å². The van der Waals surface area contributed by atoms with Crippen LogP contribution in [0.15, 0.2) is 29.2 Å². The molecule has 0 amide bonds. The third-order valence-corrected chi connectivity index (χ3v) is 5.25. The van der Waals surface area contributed by atoms with Crippen molar-refractivity contribution in [1.82, 2.24) is 4.72 Å². The average molecular weight is 297 g/mol. The highest BCUT2D eigenvalue weighted by molar-refractivity contribution is 7.89. The minimum atomic E-state index is -3.72. The average Bonchev–Trinajstić information content (AvgIpc) is 2.87. The Kier molecular flexibility index (Phi) is 4.15. The molecule has 0 heterocycles. The van der Waals surface area contributed by atoms with Crippen LogP contribution in [0.2, 0.25) is 0 Å². The van der Waals surface area contributed by atoms with E-state index in [1.54, 1.807) is 12.1 Å². The fourth-order valence-electron chi connectivity index (χ4n) is 2.56. The fraction of sp³-hybridized carbons (Fsp3) is 0.500. The van der Waals surface area contributed by atoms with E-state index in [4.69, 9.17) is 4.74 Å². The quantitative estimate of drug-likeness (QED) is 0.860. The molecule has 0 saturated heterocycles. The van der Waals surface area contributed by atoms with Crippen molar-refractivity contribution in [3.63, 3.8) is 0 Å². The van der Waals surface area contributed by atoms with Crippen LogP contribution in [0.1, 0.15) is 31.2 Å². The predicted octanol–water partition coefficient (Wildman–Crippen LogP) is 1.76. The van der Waals surface area contributed by atoms with Gasteiger partial charge in [-0.25, -0.2) is 8.42 Å². The van der Waals surface area contributed by atoms with E-state index in [1.807, 2.05) is 6.92 Å². The Morgan fingerprint density at radius 2 is 1.75 bits per heavy atom. The van der Waals surface area contributed by atoms with E-state index in [-0.39, 0.29) is 4.90 Å². The molecule has 0 aromatic heterocycles. The maximum atomic E-state index is 12.4. The third-order valence-electron chi connectivity index (χ3n) is 3.69. The molecule has 5 nitrogen and oxygen atoms in total. The molecule has 6 heteroatoms. The number of esters is 1. The van der Waals surface area contributed by atoms with Crippen LogP contribution in [0.4, 0.5) is 0 Å². The summed E-state index contributed by atoms with van der Waals surface area (Å²) in [4.78, 5) is 12.1. The molecule has 110 valence electrons. The summed E-state index contributed by atoms with van der Waals surface area (Å²) in [6, 6.07) is 6.54. The molecule has 1 N–H and O–H groups in total. The molecule has 20 heavy (non-hydrogen) atoms. The molecular weight excluding hydrogens is 278 g/mol. The third kappa shape index (κ3) is 2.86. The van der Waals surface area contributed by atoms with E-state index >= 15 is 0 Å². The zero-order chi connectivity index (χ0) is 14.8. The molecule has 1 aromatic carbocycles. The van der Waals surface area contributed by atoms with Crippen LogP contribution in [0.25, 0.3) is 0 Å². The number of aryl methyl sites for hydroxylation is 1. The molecule has 0 radical (unpaired) electrons. The SMILES string of the molecule is COC(=O)C1(NS(=O)(=O)c2ccc(C)cc2)CCCC1. The molecular formula is C14H19NO4S. The molecule has 1 saturated carbocycles. The van der Waals surface area contributed by atoms with Gasteiger partial charge in [0, 0.05) is 0 Å². The first-order valence-electron chi connectivity index (χ1n) is 6.59. The number of nitrogens with one attached hydrogen (secondary N) is 1. The lowest BCUT2D eigenvalue weighted by Crippen LogP contribution is -2.52. The first kappa shape index (κ1) is 15.0. The number of carbonyl (C=O) groups excluding carboxylic acids is 1. The summed E-state index contributed by atoms with van der Waals surface area (Å²) in [5, 5.41) is 0. The molecule has 2 rings (SSSR count). The minimum Gasteiger partial charge on any atom is -0.468 e. The summed E-state index contributed by atoms with van der Waals surface area (Å²) in [6.07, 6.45) is 2.58. The van der Waals surface area contributed by atoms with Gasteiger partial charge in [0.25, 0.3) is 0 Å². The highest BCUT2D eigenvalue weighted by atomic mass is 32.2. The van der Waals surface area contributed by atoms with Gasteiger partial charge in [-0.2, -0.15) is 4.72 Å². The molecule has 1 fully saturated rings. The molecule has 0 aliphatic heterocycles. The summed E-state index contributed by atoms with van der Waals surface area (Å²) in [6.45, 7) is 1.89. The van der Waals surface area contributed by atoms with E-state index in [0.717, 1.165) is 18.4 Å². The summed E-state index contributed by atoms with van der Waals surface area (Å²) in [5.74, 6) is -0.509. The first-order chi connectivity index (χ1) is 9.39. The van der Waals surface area contributed by atoms with Gasteiger partial charge in [0.2, 0.25) is 10.0 Å². The van der Waals surface area contributed by atoms with Gasteiger partial charge in [-0.3, -0.25) is 4.79 Å². The van der Waals surface area contributed by atoms with E-state index in [0.29, 0.717) is 12.8 Å². The van der Waals surface area contributed by atoms with Crippen molar-refractivity contribution < 1.29 is 17.9 Å². The number of ether oxygens (including phenoxy) is 1. The first-order valence-corrected chi connectivity index (χ1v) is 8.07. The summed E-state index contributed by atoms with van der Waals surface area (Å²) in [7, 11) is -2.44. The van der Waals surface area contributed by atoms with Crippen molar-refractivity contribution >= 4 is 16.0 Å². The Bertz CT molecular complexity index is 586. The molecule has 0 spiro atoms. The largest absolute Gasteiger partial charge is 0.468 e. The van der Waals surface area contributed by atoms with E-state index in [2.05, 4.69) is 4.72 Å². The monoisotopic (exact) mass is 297 g/mol. The number of methoxy groups -OCH3 is 1. The molecule has 0 bridgehead atoms. The van der Waals surface area contributed by atoms with E-state index in [1.165, 1.54) is 19.2 Å². The number of carbonyl (C=O) groups is 1. The van der Waals surface area contributed by atoms with Crippen LogP contribution in [0, 0.1) is 6.92 Å². The second-order valence-corrected chi connectivity index (χ2v) is 6.88. The highest BCUT2D eigenvalue weighted by Crippen LogP contribution is 2.32. The van der Waals surface area contributed by atoms with Crippen molar-refractivity contribution in [3.05, 3.63) is 29.8 Å².